The molecule has 4 heteroatoms. The molecule has 0 fully saturated rings. The van der Waals surface area contributed by atoms with Crippen LogP contribution >= 0.6 is 0 Å². The van der Waals surface area contributed by atoms with Crippen LogP contribution in [-0.2, 0) is 6.61 Å². The van der Waals surface area contributed by atoms with Gasteiger partial charge in [-0.25, -0.2) is 8.78 Å². The van der Waals surface area contributed by atoms with E-state index in [-0.39, 0.29) is 24.3 Å². The number of hydrogen-bond acceptors (Lipinski definition) is 2. The van der Waals surface area contributed by atoms with Gasteiger partial charge in [0.05, 0.1) is 0 Å². The molecular formula is C17H19F2NO. The van der Waals surface area contributed by atoms with Gasteiger partial charge < -0.3 is 10.1 Å². The molecule has 0 saturated carbocycles. The Bertz CT molecular complexity index is 628. The summed E-state index contributed by atoms with van der Waals surface area (Å²) in [7, 11) is 1.80. The molecule has 0 aliphatic rings. The largest absolute Gasteiger partial charge is 0.489 e. The fourth-order valence-corrected chi connectivity index (χ4v) is 2.10. The molecular weight excluding hydrogens is 272 g/mol. The van der Waals surface area contributed by atoms with Crippen LogP contribution in [0.4, 0.5) is 8.78 Å². The van der Waals surface area contributed by atoms with Gasteiger partial charge in [-0.1, -0.05) is 6.07 Å². The number of hydrogen-bond donors (Lipinski definition) is 1. The van der Waals surface area contributed by atoms with E-state index in [0.717, 1.165) is 16.7 Å². The molecule has 21 heavy (non-hydrogen) atoms. The van der Waals surface area contributed by atoms with Crippen molar-refractivity contribution in [2.45, 2.75) is 26.5 Å². The van der Waals surface area contributed by atoms with E-state index in [1.807, 2.05) is 13.8 Å². The number of nitrogens with one attached hydrogen (secondary N) is 1. The highest BCUT2D eigenvalue weighted by molar-refractivity contribution is 5.37. The van der Waals surface area contributed by atoms with Crippen molar-refractivity contribution in [2.75, 3.05) is 7.05 Å². The summed E-state index contributed by atoms with van der Waals surface area (Å²) in [6, 6.07) is 8.98. The predicted octanol–water partition coefficient (Wildman–Crippen LogP) is 4.13. The first-order valence-corrected chi connectivity index (χ1v) is 6.86. The van der Waals surface area contributed by atoms with E-state index in [9.17, 15) is 8.78 Å². The number of rotatable bonds is 5. The lowest BCUT2D eigenvalue weighted by molar-refractivity contribution is 0.298. The Morgan fingerprint density at radius 3 is 2.48 bits per heavy atom. The van der Waals surface area contributed by atoms with Crippen LogP contribution in [0.2, 0.25) is 0 Å². The molecule has 0 aliphatic heterocycles. The third-order valence-electron chi connectivity index (χ3n) is 3.57. The average Bonchev–Trinajstić information content (AvgIpc) is 2.48. The lowest BCUT2D eigenvalue weighted by Gasteiger charge is -2.17. The molecule has 1 N–H and O–H groups in total. The maximum atomic E-state index is 13.4. The molecule has 0 radical (unpaired) electrons. The maximum absolute atomic E-state index is 13.4. The molecule has 0 aliphatic carbocycles. The minimum absolute atomic E-state index is 0.0377. The van der Waals surface area contributed by atoms with Crippen molar-refractivity contribution in [3.8, 4) is 5.75 Å². The van der Waals surface area contributed by atoms with Crippen LogP contribution in [0.3, 0.4) is 0 Å². The normalized spacial score (nSPS) is 12.2. The van der Waals surface area contributed by atoms with Crippen molar-refractivity contribution in [2.24, 2.45) is 0 Å². The fraction of sp³-hybridized carbons (Fsp3) is 0.294. The molecule has 0 spiro atoms. The van der Waals surface area contributed by atoms with Crippen LogP contribution in [-0.4, -0.2) is 7.05 Å². The lowest BCUT2D eigenvalue weighted by Crippen LogP contribution is -2.14. The van der Waals surface area contributed by atoms with Gasteiger partial charge in [-0.15, -0.1) is 0 Å². The third-order valence-corrected chi connectivity index (χ3v) is 3.57. The summed E-state index contributed by atoms with van der Waals surface area (Å²) in [6.45, 7) is 4.08. The predicted molar refractivity (Wildman–Crippen MR) is 79.3 cm³/mol. The first-order valence-electron chi connectivity index (χ1n) is 6.86. The Balaban J connectivity index is 2.21. The minimum atomic E-state index is -0.304. The Morgan fingerprint density at radius 1 is 1.10 bits per heavy atom. The van der Waals surface area contributed by atoms with Gasteiger partial charge in [0, 0.05) is 11.6 Å². The van der Waals surface area contributed by atoms with Gasteiger partial charge in [0.1, 0.15) is 24.0 Å². The van der Waals surface area contributed by atoms with Crippen LogP contribution in [0.15, 0.2) is 36.4 Å². The number of aryl methyl sites for hydroxylation is 1. The van der Waals surface area contributed by atoms with E-state index < -0.39 is 0 Å². The summed E-state index contributed by atoms with van der Waals surface area (Å²) in [5, 5.41) is 3.06. The van der Waals surface area contributed by atoms with Gasteiger partial charge in [0.25, 0.3) is 0 Å². The van der Waals surface area contributed by atoms with E-state index >= 15 is 0 Å². The first kappa shape index (κ1) is 15.4. The van der Waals surface area contributed by atoms with Gasteiger partial charge in [-0.2, -0.15) is 0 Å². The standard InChI is InChI=1S/C17H19F2NO/c1-11-4-5-14(18)8-13(11)10-21-17-7-6-15(19)9-16(17)12(2)20-3/h4-9,12,20H,10H2,1-3H3. The Hall–Kier alpha value is -1.94. The summed E-state index contributed by atoms with van der Waals surface area (Å²) < 4.78 is 32.4. The molecule has 2 rings (SSSR count). The highest BCUT2D eigenvalue weighted by Gasteiger charge is 2.12. The zero-order valence-electron chi connectivity index (χ0n) is 12.4. The maximum Gasteiger partial charge on any atom is 0.124 e. The third kappa shape index (κ3) is 3.79. The van der Waals surface area contributed by atoms with Crippen LogP contribution in [0.1, 0.15) is 29.7 Å². The smallest absolute Gasteiger partial charge is 0.124 e. The van der Waals surface area contributed by atoms with E-state index in [2.05, 4.69) is 5.32 Å². The van der Waals surface area contributed by atoms with Crippen molar-refractivity contribution < 1.29 is 13.5 Å². The van der Waals surface area contributed by atoms with Gasteiger partial charge in [-0.3, -0.25) is 0 Å². The highest BCUT2D eigenvalue weighted by atomic mass is 19.1. The van der Waals surface area contributed by atoms with Gasteiger partial charge in [0.2, 0.25) is 0 Å². The molecule has 2 aromatic rings. The lowest BCUT2D eigenvalue weighted by atomic mass is 10.1. The number of benzene rings is 2. The van der Waals surface area contributed by atoms with Crippen molar-refractivity contribution in [3.63, 3.8) is 0 Å². The quantitative estimate of drug-likeness (QED) is 0.894. The summed E-state index contributed by atoms with van der Waals surface area (Å²) in [4.78, 5) is 0. The van der Waals surface area contributed by atoms with Crippen molar-refractivity contribution in [1.29, 1.82) is 0 Å². The van der Waals surface area contributed by atoms with E-state index in [1.54, 1.807) is 19.2 Å². The molecule has 0 heterocycles. The molecule has 1 unspecified atom stereocenters. The number of halogens is 2. The van der Waals surface area contributed by atoms with Crippen LogP contribution in [0.5, 0.6) is 5.75 Å². The average molecular weight is 291 g/mol. The molecule has 0 aromatic heterocycles. The number of ether oxygens (including phenoxy) is 1. The highest BCUT2D eigenvalue weighted by Crippen LogP contribution is 2.27. The van der Waals surface area contributed by atoms with Gasteiger partial charge in [-0.05, 0) is 62.4 Å². The molecule has 112 valence electrons. The molecule has 0 amide bonds. The summed E-state index contributed by atoms with van der Waals surface area (Å²) in [6.07, 6.45) is 0. The van der Waals surface area contributed by atoms with E-state index in [1.165, 1.54) is 24.3 Å². The van der Waals surface area contributed by atoms with E-state index in [0.29, 0.717) is 5.75 Å². The first-order chi connectivity index (χ1) is 10.0. The summed E-state index contributed by atoms with van der Waals surface area (Å²) >= 11 is 0. The monoisotopic (exact) mass is 291 g/mol. The molecule has 0 bridgehead atoms. The Labute approximate surface area is 123 Å². The van der Waals surface area contributed by atoms with Crippen molar-refractivity contribution >= 4 is 0 Å². The van der Waals surface area contributed by atoms with Crippen molar-refractivity contribution in [1.82, 2.24) is 5.32 Å². The molecule has 2 aromatic carbocycles. The minimum Gasteiger partial charge on any atom is -0.489 e. The second kappa shape index (κ2) is 6.68. The molecule has 0 saturated heterocycles. The van der Waals surface area contributed by atoms with Gasteiger partial charge in [0.15, 0.2) is 0 Å². The second-order valence-electron chi connectivity index (χ2n) is 5.05. The Kier molecular flexibility index (Phi) is 4.91. The van der Waals surface area contributed by atoms with Crippen LogP contribution in [0, 0.1) is 18.6 Å². The SMILES string of the molecule is CNC(C)c1cc(F)ccc1OCc1cc(F)ccc1C. The molecule has 1 atom stereocenters. The van der Waals surface area contributed by atoms with Crippen LogP contribution in [0.25, 0.3) is 0 Å². The van der Waals surface area contributed by atoms with Gasteiger partial charge >= 0.3 is 0 Å². The summed E-state index contributed by atoms with van der Waals surface area (Å²) in [5.74, 6) is 0.00502. The van der Waals surface area contributed by atoms with E-state index in [4.69, 9.17) is 4.74 Å². The topological polar surface area (TPSA) is 21.3 Å². The molecule has 2 nitrogen and oxygen atoms in total. The van der Waals surface area contributed by atoms with Crippen LogP contribution < -0.4 is 10.1 Å². The summed E-state index contributed by atoms with van der Waals surface area (Å²) in [5.41, 5.74) is 2.48. The second-order valence-corrected chi connectivity index (χ2v) is 5.05. The zero-order chi connectivity index (χ0) is 15.4. The fourth-order valence-electron chi connectivity index (χ4n) is 2.10. The zero-order valence-corrected chi connectivity index (χ0v) is 12.4. The van der Waals surface area contributed by atoms with Crippen molar-refractivity contribution in [3.05, 3.63) is 64.7 Å². The Morgan fingerprint density at radius 2 is 1.76 bits per heavy atom.